The normalized spacial score (nSPS) is 17.2. The smallest absolute Gasteiger partial charge is 0.408 e. The molecule has 0 spiro atoms. The fraction of sp³-hybridized carbons (Fsp3) is 0.517. The number of rotatable bonds is 13. The Balaban J connectivity index is 2.18. The van der Waals surface area contributed by atoms with Crippen LogP contribution in [-0.4, -0.2) is 85.2 Å². The molecule has 1 fully saturated rings. The predicted molar refractivity (Wildman–Crippen MR) is 158 cm³/mol. The number of sulfone groups is 1. The van der Waals surface area contributed by atoms with Gasteiger partial charge in [0, 0.05) is 18.2 Å². The Hall–Kier alpha value is -4.45. The monoisotopic (exact) mass is 633 g/mol. The SMILES string of the molecule is CC(C)(C)[C@@H](NC(=O)[C@H](CC(=O)O)NC(=O)OCc1ccccc1)C(=O)N1CCC[C@@H]1C(=O)N[C@H](/C=C/S(C)(=O)=O)CC#N. The molecule has 0 unspecified atom stereocenters. The van der Waals surface area contributed by atoms with Crippen LogP contribution in [0, 0.1) is 16.7 Å². The van der Waals surface area contributed by atoms with Gasteiger partial charge in [0.15, 0.2) is 9.84 Å². The average Bonchev–Trinajstić information content (AvgIpc) is 3.42. The van der Waals surface area contributed by atoms with E-state index in [4.69, 9.17) is 10.00 Å². The van der Waals surface area contributed by atoms with Crippen molar-refractivity contribution in [1.82, 2.24) is 20.9 Å². The van der Waals surface area contributed by atoms with Gasteiger partial charge < -0.3 is 30.7 Å². The lowest BCUT2D eigenvalue weighted by atomic mass is 9.85. The summed E-state index contributed by atoms with van der Waals surface area (Å²) in [6.45, 7) is 5.09. The quantitative estimate of drug-likeness (QED) is 0.244. The summed E-state index contributed by atoms with van der Waals surface area (Å²) in [5.41, 5.74) is -0.227. The number of aliphatic carboxylic acids is 1. The first kappa shape index (κ1) is 35.7. The lowest BCUT2D eigenvalue weighted by Crippen LogP contribution is -2.60. The van der Waals surface area contributed by atoms with Crippen LogP contribution in [0.3, 0.4) is 0 Å². The molecule has 1 heterocycles. The highest BCUT2D eigenvalue weighted by atomic mass is 32.2. The number of carbonyl (C=O) groups excluding carboxylic acids is 4. The number of ether oxygens (including phenoxy) is 1. The molecular formula is C29H39N5O9S. The molecule has 14 nitrogen and oxygen atoms in total. The Labute approximate surface area is 256 Å². The van der Waals surface area contributed by atoms with Gasteiger partial charge in [-0.05, 0) is 29.9 Å². The second-order valence-corrected chi connectivity index (χ2v) is 13.4. The number of carboxylic acid groups (broad SMARTS) is 1. The van der Waals surface area contributed by atoms with Crippen molar-refractivity contribution in [2.24, 2.45) is 5.41 Å². The largest absolute Gasteiger partial charge is 0.481 e. The standard InChI is InChI=1S/C29H39N5O9S/c1-29(2,3)24(33-25(37)21(17-23(35)36)32-28(40)43-18-19-9-6-5-7-10-19)27(39)34-15-8-11-22(34)26(38)31-20(12-14-30)13-16-44(4,41)42/h5-7,9-10,13,16,20-22,24H,8,11-12,15,17-18H2,1-4H3,(H,31,38)(H,32,40)(H,33,37)(H,35,36)/b16-13+/t20-,21-,22+,24-/m0/s1. The topological polar surface area (TPSA) is 212 Å². The van der Waals surface area contributed by atoms with Crippen LogP contribution in [0.1, 0.15) is 52.0 Å². The van der Waals surface area contributed by atoms with Crippen LogP contribution in [0.5, 0.6) is 0 Å². The third-order valence-corrected chi connectivity index (χ3v) is 7.29. The zero-order valence-electron chi connectivity index (χ0n) is 25.1. The van der Waals surface area contributed by atoms with Gasteiger partial charge in [-0.15, -0.1) is 0 Å². The minimum Gasteiger partial charge on any atom is -0.481 e. The van der Waals surface area contributed by atoms with Crippen LogP contribution in [0.4, 0.5) is 4.79 Å². The van der Waals surface area contributed by atoms with Gasteiger partial charge in [0.1, 0.15) is 24.7 Å². The fourth-order valence-corrected chi connectivity index (χ4v) is 4.91. The summed E-state index contributed by atoms with van der Waals surface area (Å²) < 4.78 is 28.1. The van der Waals surface area contributed by atoms with Crippen LogP contribution in [0.15, 0.2) is 41.8 Å². The van der Waals surface area contributed by atoms with Crippen molar-refractivity contribution in [2.45, 2.75) is 77.2 Å². The second-order valence-electron chi connectivity index (χ2n) is 11.5. The maximum Gasteiger partial charge on any atom is 0.408 e. The molecule has 0 bridgehead atoms. The van der Waals surface area contributed by atoms with E-state index in [9.17, 15) is 37.5 Å². The van der Waals surface area contributed by atoms with Gasteiger partial charge in [-0.3, -0.25) is 19.2 Å². The van der Waals surface area contributed by atoms with Gasteiger partial charge in [-0.1, -0.05) is 51.1 Å². The fourth-order valence-electron chi connectivity index (χ4n) is 4.43. The zero-order chi connectivity index (χ0) is 33.1. The molecule has 4 amide bonds. The van der Waals surface area contributed by atoms with E-state index in [1.807, 2.05) is 6.07 Å². The van der Waals surface area contributed by atoms with E-state index in [2.05, 4.69) is 16.0 Å². The number of nitrogens with zero attached hydrogens (tertiary/aromatic N) is 2. The summed E-state index contributed by atoms with van der Waals surface area (Å²) in [6.07, 6.45) is 0.897. The number of alkyl carbamates (subject to hydrolysis) is 1. The molecule has 4 N–H and O–H groups in total. The van der Waals surface area contributed by atoms with Gasteiger partial charge in [-0.2, -0.15) is 5.26 Å². The third-order valence-electron chi connectivity index (χ3n) is 6.64. The summed E-state index contributed by atoms with van der Waals surface area (Å²) in [5.74, 6) is -3.51. The highest BCUT2D eigenvalue weighted by molar-refractivity contribution is 7.93. The van der Waals surface area contributed by atoms with Crippen LogP contribution in [0.2, 0.25) is 0 Å². The Morgan fingerprint density at radius 2 is 1.80 bits per heavy atom. The van der Waals surface area contributed by atoms with E-state index in [0.717, 1.165) is 11.7 Å². The number of amides is 4. The minimum absolute atomic E-state index is 0.116. The molecule has 0 radical (unpaired) electrons. The number of hydrogen-bond acceptors (Lipinski definition) is 9. The molecule has 4 atom stereocenters. The lowest BCUT2D eigenvalue weighted by molar-refractivity contribution is -0.145. The molecule has 1 saturated heterocycles. The molecule has 0 aliphatic carbocycles. The van der Waals surface area contributed by atoms with Crippen molar-refractivity contribution in [3.05, 3.63) is 47.4 Å². The zero-order valence-corrected chi connectivity index (χ0v) is 25.9. The maximum atomic E-state index is 13.8. The van der Waals surface area contributed by atoms with Crippen molar-refractivity contribution in [3.63, 3.8) is 0 Å². The van der Waals surface area contributed by atoms with Crippen LogP contribution in [-0.2, 0) is 40.4 Å². The van der Waals surface area contributed by atoms with E-state index < -0.39 is 75.6 Å². The van der Waals surface area contributed by atoms with E-state index in [0.29, 0.717) is 12.0 Å². The molecule has 1 aliphatic rings. The minimum atomic E-state index is -3.51. The molecule has 1 aromatic rings. The number of hydrogen-bond donors (Lipinski definition) is 4. The number of likely N-dealkylation sites (tertiary alicyclic amines) is 1. The van der Waals surface area contributed by atoms with Crippen molar-refractivity contribution >= 4 is 39.6 Å². The van der Waals surface area contributed by atoms with E-state index in [1.165, 1.54) is 11.0 Å². The van der Waals surface area contributed by atoms with Crippen LogP contribution >= 0.6 is 0 Å². The highest BCUT2D eigenvalue weighted by Gasteiger charge is 2.43. The van der Waals surface area contributed by atoms with Crippen molar-refractivity contribution < 1.29 is 42.2 Å². The molecule has 0 aromatic heterocycles. The first-order valence-electron chi connectivity index (χ1n) is 13.9. The third kappa shape index (κ3) is 11.7. The number of nitrogens with one attached hydrogen (secondary N) is 3. The first-order valence-corrected chi connectivity index (χ1v) is 15.8. The molecule has 240 valence electrons. The van der Waals surface area contributed by atoms with E-state index in [-0.39, 0.29) is 26.0 Å². The second kappa shape index (κ2) is 15.9. The number of carboxylic acids is 1. The molecule has 44 heavy (non-hydrogen) atoms. The summed E-state index contributed by atoms with van der Waals surface area (Å²) in [5, 5.41) is 26.8. The first-order chi connectivity index (χ1) is 20.5. The van der Waals surface area contributed by atoms with Crippen LogP contribution < -0.4 is 16.0 Å². The Bertz CT molecular complexity index is 1380. The van der Waals surface area contributed by atoms with Crippen LogP contribution in [0.25, 0.3) is 0 Å². The van der Waals surface area contributed by atoms with Gasteiger partial charge in [0.2, 0.25) is 17.7 Å². The molecule has 2 rings (SSSR count). The number of nitriles is 1. The summed E-state index contributed by atoms with van der Waals surface area (Å²) >= 11 is 0. The van der Waals surface area contributed by atoms with Gasteiger partial charge in [-0.25, -0.2) is 13.2 Å². The molecule has 15 heteroatoms. The number of carbonyl (C=O) groups is 5. The van der Waals surface area contributed by atoms with E-state index in [1.54, 1.807) is 51.1 Å². The molecule has 1 aromatic carbocycles. The highest BCUT2D eigenvalue weighted by Crippen LogP contribution is 2.26. The summed E-state index contributed by atoms with van der Waals surface area (Å²) in [7, 11) is -3.51. The Morgan fingerprint density at radius 1 is 1.14 bits per heavy atom. The van der Waals surface area contributed by atoms with Gasteiger partial charge in [0.05, 0.1) is 25.0 Å². The molecular weight excluding hydrogens is 594 g/mol. The predicted octanol–water partition coefficient (Wildman–Crippen LogP) is 1.23. The number of benzene rings is 1. The molecule has 0 saturated carbocycles. The average molecular weight is 634 g/mol. The summed E-state index contributed by atoms with van der Waals surface area (Å²) in [6, 6.07) is 5.93. The van der Waals surface area contributed by atoms with Gasteiger partial charge >= 0.3 is 12.1 Å². The van der Waals surface area contributed by atoms with Crippen molar-refractivity contribution in [2.75, 3.05) is 12.8 Å². The van der Waals surface area contributed by atoms with Gasteiger partial charge in [0.25, 0.3) is 0 Å². The Kier molecular flexibility index (Phi) is 12.9. The lowest BCUT2D eigenvalue weighted by Gasteiger charge is -2.36. The maximum absolute atomic E-state index is 13.8. The van der Waals surface area contributed by atoms with Crippen molar-refractivity contribution in [1.29, 1.82) is 5.26 Å². The summed E-state index contributed by atoms with van der Waals surface area (Å²) in [4.78, 5) is 65.4. The Morgan fingerprint density at radius 3 is 2.36 bits per heavy atom. The van der Waals surface area contributed by atoms with E-state index >= 15 is 0 Å². The molecule has 1 aliphatic heterocycles. The van der Waals surface area contributed by atoms with Crippen molar-refractivity contribution in [3.8, 4) is 6.07 Å².